The lowest BCUT2D eigenvalue weighted by atomic mass is 10.1. The molecule has 0 saturated carbocycles. The second kappa shape index (κ2) is 14.5. The fourth-order valence-corrected chi connectivity index (χ4v) is 3.65. The summed E-state index contributed by atoms with van der Waals surface area (Å²) in [4.78, 5) is 34.9. The van der Waals surface area contributed by atoms with Crippen molar-refractivity contribution in [2.45, 2.75) is 45.2 Å². The summed E-state index contributed by atoms with van der Waals surface area (Å²) in [5.74, 6) is -1.88. The van der Waals surface area contributed by atoms with Crippen LogP contribution in [0.15, 0.2) is 40.4 Å². The van der Waals surface area contributed by atoms with Crippen LogP contribution in [0.2, 0.25) is 0 Å². The molecule has 0 atom stereocenters. The minimum atomic E-state index is -4.74. The Morgan fingerprint density at radius 2 is 1.70 bits per heavy atom. The molecule has 5 N–H and O–H groups in total. The van der Waals surface area contributed by atoms with Gasteiger partial charge in [0.05, 0.1) is 47.5 Å². The molecule has 0 bridgehead atoms. The highest BCUT2D eigenvalue weighted by atomic mass is 19.4. The van der Waals surface area contributed by atoms with Gasteiger partial charge in [-0.1, -0.05) is 0 Å². The number of nitrogens with one attached hydrogen (secondary N) is 1. The lowest BCUT2D eigenvalue weighted by Gasteiger charge is -2.10. The van der Waals surface area contributed by atoms with Gasteiger partial charge in [-0.05, 0) is 31.4 Å². The standard InChI is InChI=1S/C19H18F5N5O3.C5H4F3N3O/c20-12-6-11-13(7-10(12)16-26-8-14(15(25)28-16)32-19(23)24)27-9-29(17(11)30)4-2-1-3-5-31-18(21)22;6-5(7,8)3-2(9)1-10-11-4(3)12/h6-9,18-19H,1-5H2,(H2,25,26,28);1H,(H3,9,11,12). The van der Waals surface area contributed by atoms with Crippen LogP contribution in [-0.2, 0) is 17.5 Å². The summed E-state index contributed by atoms with van der Waals surface area (Å²) >= 11 is 0. The van der Waals surface area contributed by atoms with Gasteiger partial charge in [-0.2, -0.15) is 35.8 Å². The monoisotopic (exact) mass is 638 g/mol. The molecule has 0 aliphatic heterocycles. The van der Waals surface area contributed by atoms with Crippen LogP contribution in [-0.4, -0.2) is 49.5 Å². The fraction of sp³-hybridized carbons (Fsp3) is 0.333. The number of benzene rings is 1. The van der Waals surface area contributed by atoms with Crippen LogP contribution in [0.25, 0.3) is 22.3 Å². The predicted octanol–water partition coefficient (Wildman–Crippen LogP) is 3.96. The van der Waals surface area contributed by atoms with Crippen LogP contribution in [0.4, 0.5) is 46.6 Å². The zero-order valence-corrected chi connectivity index (χ0v) is 22.1. The number of hydrogen-bond donors (Lipinski definition) is 3. The Morgan fingerprint density at radius 1 is 0.977 bits per heavy atom. The fourth-order valence-electron chi connectivity index (χ4n) is 3.65. The van der Waals surface area contributed by atoms with Crippen molar-refractivity contribution in [1.82, 2.24) is 29.7 Å². The number of rotatable bonds is 10. The molecular weight excluding hydrogens is 616 g/mol. The molecule has 0 unspecified atom stereocenters. The van der Waals surface area contributed by atoms with Crippen LogP contribution in [0.5, 0.6) is 5.75 Å². The molecule has 3 aromatic heterocycles. The molecule has 0 aliphatic carbocycles. The van der Waals surface area contributed by atoms with Crippen molar-refractivity contribution in [3.63, 3.8) is 0 Å². The van der Waals surface area contributed by atoms with Gasteiger partial charge < -0.3 is 20.9 Å². The molecule has 12 nitrogen and oxygen atoms in total. The highest BCUT2D eigenvalue weighted by molar-refractivity contribution is 5.82. The van der Waals surface area contributed by atoms with Crippen LogP contribution in [0.3, 0.4) is 0 Å². The molecule has 0 aliphatic rings. The van der Waals surface area contributed by atoms with Gasteiger partial charge in [0.15, 0.2) is 17.4 Å². The highest BCUT2D eigenvalue weighted by Crippen LogP contribution is 2.30. The SMILES string of the molecule is Nc1cn[nH]c(=O)c1C(F)(F)F.Nc1nc(-c2cc3ncn(CCCCCOC(F)F)c(=O)c3cc2F)ncc1OC(F)F. The predicted molar refractivity (Wildman–Crippen MR) is 138 cm³/mol. The van der Waals surface area contributed by atoms with E-state index in [1.807, 2.05) is 0 Å². The Morgan fingerprint density at radius 3 is 2.30 bits per heavy atom. The van der Waals surface area contributed by atoms with Gasteiger partial charge in [-0.3, -0.25) is 14.2 Å². The lowest BCUT2D eigenvalue weighted by Crippen LogP contribution is -2.24. The molecule has 1 aromatic carbocycles. The number of nitrogens with two attached hydrogens (primary N) is 2. The van der Waals surface area contributed by atoms with E-state index in [2.05, 4.69) is 29.5 Å². The van der Waals surface area contributed by atoms with Crippen LogP contribution < -0.4 is 27.3 Å². The molecular formula is C24H22F8N8O4. The van der Waals surface area contributed by atoms with Gasteiger partial charge in [0.25, 0.3) is 11.1 Å². The van der Waals surface area contributed by atoms with E-state index in [1.165, 1.54) is 17.0 Å². The molecule has 3 heterocycles. The third kappa shape index (κ3) is 8.82. The van der Waals surface area contributed by atoms with Gasteiger partial charge in [-0.15, -0.1) is 0 Å². The third-order valence-corrected chi connectivity index (χ3v) is 5.61. The number of nitrogens with zero attached hydrogens (tertiary/aromatic N) is 5. The molecule has 20 heteroatoms. The number of nitrogen functional groups attached to an aromatic ring is 2. The Balaban J connectivity index is 0.000000369. The lowest BCUT2D eigenvalue weighted by molar-refractivity contribution is -0.138. The number of unbranched alkanes of at least 4 members (excludes halogenated alkanes) is 2. The number of aromatic amines is 1. The molecule has 4 aromatic rings. The first-order chi connectivity index (χ1) is 20.7. The van der Waals surface area contributed by atoms with Crippen molar-refractivity contribution in [1.29, 1.82) is 0 Å². The topological polar surface area (TPSA) is 177 Å². The van der Waals surface area contributed by atoms with Crippen LogP contribution in [0.1, 0.15) is 24.8 Å². The minimum absolute atomic E-state index is 0.0143. The normalized spacial score (nSPS) is 11.6. The molecule has 0 radical (unpaired) electrons. The summed E-state index contributed by atoms with van der Waals surface area (Å²) in [5, 5.41) is 4.75. The first-order valence-electron chi connectivity index (χ1n) is 12.3. The van der Waals surface area contributed by atoms with Crippen molar-refractivity contribution in [3.05, 3.63) is 62.9 Å². The molecule has 0 fully saturated rings. The highest BCUT2D eigenvalue weighted by Gasteiger charge is 2.36. The minimum Gasteiger partial charge on any atom is -0.429 e. The number of hydrogen-bond acceptors (Lipinski definition) is 10. The molecule has 4 rings (SSSR count). The van der Waals surface area contributed by atoms with Crippen molar-refractivity contribution in [3.8, 4) is 17.1 Å². The quantitative estimate of drug-likeness (QED) is 0.170. The Bertz CT molecular complexity index is 1700. The van der Waals surface area contributed by atoms with E-state index < -0.39 is 59.2 Å². The smallest absolute Gasteiger partial charge is 0.423 e. The van der Waals surface area contributed by atoms with E-state index >= 15 is 0 Å². The number of halogens is 8. The largest absolute Gasteiger partial charge is 0.429 e. The number of alkyl halides is 7. The van der Waals surface area contributed by atoms with Gasteiger partial charge in [0, 0.05) is 6.54 Å². The number of H-pyrrole nitrogens is 1. The van der Waals surface area contributed by atoms with Gasteiger partial charge >= 0.3 is 19.4 Å². The molecule has 0 spiro atoms. The van der Waals surface area contributed by atoms with E-state index in [9.17, 15) is 44.7 Å². The van der Waals surface area contributed by atoms with Crippen LogP contribution in [0, 0.1) is 5.82 Å². The molecule has 0 saturated heterocycles. The maximum Gasteiger partial charge on any atom is 0.423 e. The Labute approximate surface area is 240 Å². The average Bonchev–Trinajstić information content (AvgIpc) is 2.92. The van der Waals surface area contributed by atoms with Crippen molar-refractivity contribution < 1.29 is 44.6 Å². The summed E-state index contributed by atoms with van der Waals surface area (Å²) in [7, 11) is 0. The first kappa shape index (κ1) is 33.6. The van der Waals surface area contributed by atoms with Gasteiger partial charge in [-0.25, -0.2) is 24.4 Å². The zero-order chi connectivity index (χ0) is 32.6. The second-order valence-electron chi connectivity index (χ2n) is 8.63. The van der Waals surface area contributed by atoms with E-state index in [0.29, 0.717) is 19.3 Å². The average molecular weight is 638 g/mol. The van der Waals surface area contributed by atoms with Crippen LogP contribution >= 0.6 is 0 Å². The summed E-state index contributed by atoms with van der Waals surface area (Å²) in [6, 6.07) is 2.23. The number of ether oxygens (including phenoxy) is 2. The van der Waals surface area contributed by atoms with Gasteiger partial charge in [0.2, 0.25) is 0 Å². The Kier molecular flexibility index (Phi) is 11.1. The zero-order valence-electron chi connectivity index (χ0n) is 22.1. The number of fused-ring (bicyclic) bond motifs is 1. The van der Waals surface area contributed by atoms with E-state index in [4.69, 9.17) is 11.5 Å². The van der Waals surface area contributed by atoms with Gasteiger partial charge in [0.1, 0.15) is 11.4 Å². The maximum atomic E-state index is 14.7. The van der Waals surface area contributed by atoms with Crippen molar-refractivity contribution >= 4 is 22.4 Å². The van der Waals surface area contributed by atoms with Crippen molar-refractivity contribution in [2.24, 2.45) is 0 Å². The summed E-state index contributed by atoms with van der Waals surface area (Å²) in [5.41, 5.74) is 6.61. The number of aryl methyl sites for hydroxylation is 1. The summed E-state index contributed by atoms with van der Waals surface area (Å²) < 4.78 is 109. The summed E-state index contributed by atoms with van der Waals surface area (Å²) in [6.45, 7) is -5.75. The maximum absolute atomic E-state index is 14.7. The van der Waals surface area contributed by atoms with E-state index in [-0.39, 0.29) is 35.4 Å². The van der Waals surface area contributed by atoms with E-state index in [1.54, 1.807) is 5.10 Å². The van der Waals surface area contributed by atoms with E-state index in [0.717, 1.165) is 18.5 Å². The Hall–Kier alpha value is -4.88. The summed E-state index contributed by atoms with van der Waals surface area (Å²) in [6.07, 6.45) is -0.343. The first-order valence-corrected chi connectivity index (χ1v) is 12.3. The molecule has 44 heavy (non-hydrogen) atoms. The molecule has 0 amide bonds. The number of aromatic nitrogens is 6. The number of anilines is 2. The second-order valence-corrected chi connectivity index (χ2v) is 8.63. The third-order valence-electron chi connectivity index (χ3n) is 5.61. The molecule has 238 valence electrons. The van der Waals surface area contributed by atoms with Crippen molar-refractivity contribution in [2.75, 3.05) is 18.1 Å².